The second-order valence-corrected chi connectivity index (χ2v) is 5.78. The lowest BCUT2D eigenvalue weighted by Crippen LogP contribution is -2.45. The van der Waals surface area contributed by atoms with Crippen molar-refractivity contribution in [1.29, 1.82) is 0 Å². The van der Waals surface area contributed by atoms with Crippen molar-refractivity contribution in [2.45, 2.75) is 25.1 Å². The van der Waals surface area contributed by atoms with Gasteiger partial charge in [0.15, 0.2) is 0 Å². The molecule has 0 spiro atoms. The van der Waals surface area contributed by atoms with E-state index in [0.717, 1.165) is 0 Å². The summed E-state index contributed by atoms with van der Waals surface area (Å²) in [5.41, 5.74) is 0. The number of likely N-dealkylation sites (tertiary alicyclic amines) is 1. The van der Waals surface area contributed by atoms with Crippen molar-refractivity contribution in [3.8, 4) is 11.5 Å². The third kappa shape index (κ3) is 5.58. The van der Waals surface area contributed by atoms with Gasteiger partial charge >= 0.3 is 6.18 Å². The molecule has 0 unspecified atom stereocenters. The summed E-state index contributed by atoms with van der Waals surface area (Å²) < 4.78 is 48.8. The Morgan fingerprint density at radius 1 is 1.26 bits per heavy atom. The molecule has 0 aliphatic carbocycles. The topological polar surface area (TPSA) is 41.9 Å². The highest BCUT2D eigenvalue weighted by Crippen LogP contribution is 2.33. The van der Waals surface area contributed by atoms with Crippen molar-refractivity contribution in [3.63, 3.8) is 0 Å². The zero-order valence-electron chi connectivity index (χ0n) is 13.1. The molecule has 1 saturated heterocycles. The van der Waals surface area contributed by atoms with Crippen LogP contribution in [0.2, 0.25) is 0 Å². The van der Waals surface area contributed by atoms with E-state index in [4.69, 9.17) is 9.47 Å². The number of hydrogen-bond donors (Lipinski definition) is 1. The molecule has 0 bridgehead atoms. The van der Waals surface area contributed by atoms with Crippen LogP contribution in [0, 0.1) is 5.92 Å². The largest absolute Gasteiger partial charge is 0.497 e. The minimum Gasteiger partial charge on any atom is -0.497 e. The van der Waals surface area contributed by atoms with Gasteiger partial charge in [0, 0.05) is 13.1 Å². The monoisotopic (exact) mass is 333 g/mol. The van der Waals surface area contributed by atoms with E-state index >= 15 is 0 Å². The number of ether oxygens (including phenoxy) is 2. The van der Waals surface area contributed by atoms with Crippen molar-refractivity contribution in [1.82, 2.24) is 4.90 Å². The van der Waals surface area contributed by atoms with Crippen LogP contribution in [0.15, 0.2) is 24.3 Å². The van der Waals surface area contributed by atoms with E-state index in [0.29, 0.717) is 24.5 Å². The molecule has 1 heterocycles. The van der Waals surface area contributed by atoms with E-state index in [1.807, 2.05) is 0 Å². The Hall–Kier alpha value is -1.47. The number of hydrogen-bond acceptors (Lipinski definition) is 4. The van der Waals surface area contributed by atoms with Crippen LogP contribution in [0.4, 0.5) is 13.2 Å². The maximum atomic E-state index is 12.8. The molecular formula is C16H22F3NO3. The highest BCUT2D eigenvalue weighted by Gasteiger charge is 2.41. The molecule has 4 nitrogen and oxygen atoms in total. The number of nitrogens with zero attached hydrogens (tertiary/aromatic N) is 1. The Labute approximate surface area is 133 Å². The molecule has 0 amide bonds. The van der Waals surface area contributed by atoms with Crippen LogP contribution < -0.4 is 9.47 Å². The van der Waals surface area contributed by atoms with Gasteiger partial charge in [-0.3, -0.25) is 0 Å². The highest BCUT2D eigenvalue weighted by atomic mass is 19.4. The molecule has 0 saturated carbocycles. The van der Waals surface area contributed by atoms with E-state index in [9.17, 15) is 18.3 Å². The summed E-state index contributed by atoms with van der Waals surface area (Å²) in [7, 11) is 1.56. The van der Waals surface area contributed by atoms with Gasteiger partial charge in [0.05, 0.1) is 13.0 Å². The number of aliphatic hydroxyl groups excluding tert-OH is 1. The fourth-order valence-electron chi connectivity index (χ4n) is 2.70. The quantitative estimate of drug-likeness (QED) is 0.869. The van der Waals surface area contributed by atoms with E-state index in [2.05, 4.69) is 0 Å². The molecule has 23 heavy (non-hydrogen) atoms. The maximum Gasteiger partial charge on any atom is 0.393 e. The Morgan fingerprint density at radius 2 is 1.91 bits per heavy atom. The van der Waals surface area contributed by atoms with Crippen molar-refractivity contribution in [2.24, 2.45) is 5.92 Å². The normalized spacial score (nSPS) is 21.0. The van der Waals surface area contributed by atoms with Gasteiger partial charge in [-0.05, 0) is 43.7 Å². The number of aliphatic hydroxyl groups is 1. The average molecular weight is 333 g/mol. The van der Waals surface area contributed by atoms with Crippen molar-refractivity contribution in [3.05, 3.63) is 24.3 Å². The molecule has 7 heteroatoms. The van der Waals surface area contributed by atoms with Crippen LogP contribution in [0.25, 0.3) is 0 Å². The highest BCUT2D eigenvalue weighted by molar-refractivity contribution is 5.31. The fraction of sp³-hybridized carbons (Fsp3) is 0.625. The summed E-state index contributed by atoms with van der Waals surface area (Å²) in [5, 5.41) is 9.98. The first-order valence-corrected chi connectivity index (χ1v) is 7.62. The molecule has 1 fully saturated rings. The molecule has 1 aromatic rings. The predicted octanol–water partition coefficient (Wildman–Crippen LogP) is 2.71. The molecule has 0 aromatic heterocycles. The van der Waals surface area contributed by atoms with Crippen molar-refractivity contribution >= 4 is 0 Å². The maximum absolute atomic E-state index is 12.8. The minimum absolute atomic E-state index is 0.0412. The number of piperidine rings is 1. The first-order valence-electron chi connectivity index (χ1n) is 7.62. The molecular weight excluding hydrogens is 311 g/mol. The summed E-state index contributed by atoms with van der Waals surface area (Å²) in [5.74, 6) is -0.0213. The number of alkyl halides is 3. The van der Waals surface area contributed by atoms with Gasteiger partial charge in [-0.15, -0.1) is 0 Å². The number of rotatable bonds is 6. The molecule has 1 aliphatic heterocycles. The second-order valence-electron chi connectivity index (χ2n) is 5.78. The van der Waals surface area contributed by atoms with E-state index in [-0.39, 0.29) is 26.1 Å². The Morgan fingerprint density at radius 3 is 2.52 bits per heavy atom. The fourth-order valence-corrected chi connectivity index (χ4v) is 2.70. The molecule has 2 rings (SSSR count). The van der Waals surface area contributed by atoms with Crippen LogP contribution in [0.3, 0.4) is 0 Å². The van der Waals surface area contributed by atoms with Gasteiger partial charge < -0.3 is 19.5 Å². The summed E-state index contributed by atoms with van der Waals surface area (Å²) in [6.07, 6.45) is -4.33. The van der Waals surface area contributed by atoms with Crippen molar-refractivity contribution in [2.75, 3.05) is 33.4 Å². The van der Waals surface area contributed by atoms with Crippen LogP contribution >= 0.6 is 0 Å². The van der Waals surface area contributed by atoms with Gasteiger partial charge in [0.1, 0.15) is 24.2 Å². The molecule has 2 atom stereocenters. The van der Waals surface area contributed by atoms with Crippen LogP contribution in [-0.4, -0.2) is 55.6 Å². The lowest BCUT2D eigenvalue weighted by molar-refractivity contribution is -0.187. The summed E-state index contributed by atoms with van der Waals surface area (Å²) in [6, 6.07) is 6.90. The molecule has 130 valence electrons. The minimum atomic E-state index is -4.16. The number of methoxy groups -OCH3 is 1. The number of β-amino-alcohol motifs (C(OH)–C–C–N with tert-alkyl or cyclic N) is 1. The van der Waals surface area contributed by atoms with Crippen LogP contribution in [0.5, 0.6) is 11.5 Å². The van der Waals surface area contributed by atoms with E-state index in [1.165, 1.54) is 0 Å². The van der Waals surface area contributed by atoms with Gasteiger partial charge in [-0.1, -0.05) is 0 Å². The average Bonchev–Trinajstić information content (AvgIpc) is 2.53. The van der Waals surface area contributed by atoms with Crippen molar-refractivity contribution < 1.29 is 27.8 Å². The van der Waals surface area contributed by atoms with E-state index < -0.39 is 18.2 Å². The summed E-state index contributed by atoms with van der Waals surface area (Å²) in [6.45, 7) is 0.748. The third-order valence-electron chi connectivity index (χ3n) is 3.94. The first-order chi connectivity index (χ1) is 10.9. The summed E-state index contributed by atoms with van der Waals surface area (Å²) >= 11 is 0. The second kappa shape index (κ2) is 7.88. The van der Waals surface area contributed by atoms with Crippen LogP contribution in [-0.2, 0) is 0 Å². The number of halogens is 3. The first kappa shape index (κ1) is 17.9. The number of benzene rings is 1. The SMILES string of the molecule is COc1ccc(OC[C@H](O)CN2CCC[C@H](C(F)(F)F)C2)cc1. The Bertz CT molecular complexity index is 478. The summed E-state index contributed by atoms with van der Waals surface area (Å²) in [4.78, 5) is 1.66. The van der Waals surface area contributed by atoms with Gasteiger partial charge in [-0.2, -0.15) is 13.2 Å². The predicted molar refractivity (Wildman–Crippen MR) is 79.7 cm³/mol. The van der Waals surface area contributed by atoms with Gasteiger partial charge in [0.25, 0.3) is 0 Å². The molecule has 1 aliphatic rings. The molecule has 0 radical (unpaired) electrons. The smallest absolute Gasteiger partial charge is 0.393 e. The molecule has 1 aromatic carbocycles. The Balaban J connectivity index is 1.76. The lowest BCUT2D eigenvalue weighted by Gasteiger charge is -2.34. The van der Waals surface area contributed by atoms with Crippen LogP contribution in [0.1, 0.15) is 12.8 Å². The van der Waals surface area contributed by atoms with Gasteiger partial charge in [-0.25, -0.2) is 0 Å². The zero-order chi connectivity index (χ0) is 16.9. The Kier molecular flexibility index (Phi) is 6.12. The molecule has 1 N–H and O–H groups in total. The van der Waals surface area contributed by atoms with Gasteiger partial charge in [0.2, 0.25) is 0 Å². The lowest BCUT2D eigenvalue weighted by atomic mass is 9.97. The standard InChI is InChI=1S/C16H22F3NO3/c1-22-14-4-6-15(7-5-14)23-11-13(21)10-20-8-2-3-12(9-20)16(17,18)19/h4-7,12-13,21H,2-3,8-11H2,1H3/t12-,13+/m0/s1. The third-order valence-corrected chi connectivity index (χ3v) is 3.94. The zero-order valence-corrected chi connectivity index (χ0v) is 13.1. The van der Waals surface area contributed by atoms with E-state index in [1.54, 1.807) is 36.3 Å².